The van der Waals surface area contributed by atoms with Crippen LogP contribution in [0.5, 0.6) is 5.75 Å². The maximum absolute atomic E-state index is 11.0. The van der Waals surface area contributed by atoms with Gasteiger partial charge in [-0.2, -0.15) is 0 Å². The molecule has 0 aliphatic carbocycles. The number of benzene rings is 2. The standard InChI is InChI=1S/C23H20ClNO4/c1-3-4-18(13-22(26)27)16-7-11-20(12-8-16)28-14-21-15(2)29-23(25-21)17-5-9-19(24)10-6-17/h5-12,18H,13-14H2,1-2H3,(H,26,27). The van der Waals surface area contributed by atoms with E-state index in [-0.39, 0.29) is 18.9 Å². The first-order valence-electron chi connectivity index (χ1n) is 9.05. The number of nitrogens with zero attached hydrogens (tertiary/aromatic N) is 1. The third-order valence-electron chi connectivity index (χ3n) is 4.34. The summed E-state index contributed by atoms with van der Waals surface area (Å²) in [6.45, 7) is 3.80. The number of aromatic nitrogens is 1. The quantitative estimate of drug-likeness (QED) is 0.524. The first kappa shape index (κ1) is 20.5. The Hall–Kier alpha value is -3.23. The number of carbonyl (C=O) groups is 1. The normalized spacial score (nSPS) is 11.4. The van der Waals surface area contributed by atoms with Crippen molar-refractivity contribution in [3.8, 4) is 29.0 Å². The summed E-state index contributed by atoms with van der Waals surface area (Å²) in [7, 11) is 0. The summed E-state index contributed by atoms with van der Waals surface area (Å²) in [4.78, 5) is 15.5. The lowest BCUT2D eigenvalue weighted by Gasteiger charge is -2.10. The lowest BCUT2D eigenvalue weighted by Crippen LogP contribution is -2.04. The van der Waals surface area contributed by atoms with E-state index in [4.69, 9.17) is 25.9 Å². The molecule has 0 aliphatic rings. The number of hydrogen-bond donors (Lipinski definition) is 1. The smallest absolute Gasteiger partial charge is 0.304 e. The van der Waals surface area contributed by atoms with Crippen molar-refractivity contribution in [3.63, 3.8) is 0 Å². The predicted octanol–water partition coefficient (Wildman–Crippen LogP) is 5.46. The molecule has 6 heteroatoms. The monoisotopic (exact) mass is 409 g/mol. The van der Waals surface area contributed by atoms with E-state index in [1.807, 2.05) is 31.2 Å². The maximum atomic E-state index is 11.0. The summed E-state index contributed by atoms with van der Waals surface area (Å²) in [5.41, 5.74) is 2.39. The summed E-state index contributed by atoms with van der Waals surface area (Å²) in [6, 6.07) is 14.6. The second-order valence-corrected chi connectivity index (χ2v) is 6.87. The van der Waals surface area contributed by atoms with Gasteiger partial charge >= 0.3 is 5.97 Å². The van der Waals surface area contributed by atoms with Crippen molar-refractivity contribution in [3.05, 3.63) is 70.6 Å². The SMILES string of the molecule is CC#CC(CC(=O)O)c1ccc(OCc2nc(-c3ccc(Cl)cc3)oc2C)cc1. The Bertz CT molecular complexity index is 1040. The van der Waals surface area contributed by atoms with Crippen LogP contribution in [-0.2, 0) is 11.4 Å². The molecular weight excluding hydrogens is 390 g/mol. The van der Waals surface area contributed by atoms with Crippen LogP contribution in [0.2, 0.25) is 5.02 Å². The average molecular weight is 410 g/mol. The molecule has 0 saturated heterocycles. The van der Waals surface area contributed by atoms with E-state index < -0.39 is 5.97 Å². The summed E-state index contributed by atoms with van der Waals surface area (Å²) in [5.74, 6) is 6.36. The highest BCUT2D eigenvalue weighted by Gasteiger charge is 2.14. The molecular formula is C23H20ClNO4. The Balaban J connectivity index is 1.67. The number of carboxylic acid groups (broad SMARTS) is 1. The topological polar surface area (TPSA) is 72.6 Å². The molecule has 29 heavy (non-hydrogen) atoms. The van der Waals surface area contributed by atoms with Crippen molar-refractivity contribution in [1.82, 2.24) is 4.98 Å². The fourth-order valence-electron chi connectivity index (χ4n) is 2.83. The van der Waals surface area contributed by atoms with E-state index in [1.165, 1.54) is 0 Å². The molecule has 1 unspecified atom stereocenters. The van der Waals surface area contributed by atoms with E-state index >= 15 is 0 Å². The molecule has 0 saturated carbocycles. The Labute approximate surface area is 174 Å². The number of aryl methyl sites for hydroxylation is 1. The fraction of sp³-hybridized carbons (Fsp3) is 0.217. The third kappa shape index (κ3) is 5.40. The highest BCUT2D eigenvalue weighted by Crippen LogP contribution is 2.25. The maximum Gasteiger partial charge on any atom is 0.304 e. The molecule has 0 spiro atoms. The first-order valence-corrected chi connectivity index (χ1v) is 9.43. The van der Waals surface area contributed by atoms with Crippen LogP contribution in [0.15, 0.2) is 52.9 Å². The number of aliphatic carboxylic acids is 1. The summed E-state index contributed by atoms with van der Waals surface area (Å²) < 4.78 is 11.6. The minimum atomic E-state index is -0.879. The van der Waals surface area contributed by atoms with E-state index in [2.05, 4.69) is 16.8 Å². The van der Waals surface area contributed by atoms with Gasteiger partial charge in [0.15, 0.2) is 0 Å². The number of carboxylic acids is 1. The second-order valence-electron chi connectivity index (χ2n) is 6.43. The number of halogens is 1. The van der Waals surface area contributed by atoms with E-state index in [0.29, 0.717) is 28.1 Å². The van der Waals surface area contributed by atoms with Crippen molar-refractivity contribution in [1.29, 1.82) is 0 Å². The Morgan fingerprint density at radius 3 is 2.52 bits per heavy atom. The molecule has 0 radical (unpaired) electrons. The van der Waals surface area contributed by atoms with Crippen molar-refractivity contribution >= 4 is 17.6 Å². The van der Waals surface area contributed by atoms with Crippen LogP contribution in [0.25, 0.3) is 11.5 Å². The van der Waals surface area contributed by atoms with Gasteiger partial charge in [-0.15, -0.1) is 5.92 Å². The summed E-state index contributed by atoms with van der Waals surface area (Å²) in [6.07, 6.45) is -0.0351. The largest absolute Gasteiger partial charge is 0.487 e. The molecule has 5 nitrogen and oxygen atoms in total. The molecule has 148 valence electrons. The highest BCUT2D eigenvalue weighted by molar-refractivity contribution is 6.30. The first-order chi connectivity index (χ1) is 14.0. The van der Waals surface area contributed by atoms with Gasteiger partial charge in [0, 0.05) is 10.6 Å². The average Bonchev–Trinajstić information content (AvgIpc) is 3.07. The Morgan fingerprint density at radius 2 is 1.90 bits per heavy atom. The molecule has 3 rings (SSSR count). The molecule has 1 heterocycles. The molecule has 1 aromatic heterocycles. The van der Waals surface area contributed by atoms with Gasteiger partial charge in [0.25, 0.3) is 0 Å². The zero-order valence-corrected chi connectivity index (χ0v) is 16.9. The van der Waals surface area contributed by atoms with Gasteiger partial charge in [-0.25, -0.2) is 4.98 Å². The zero-order valence-electron chi connectivity index (χ0n) is 16.1. The molecule has 0 fully saturated rings. The zero-order chi connectivity index (χ0) is 20.8. The van der Waals surface area contributed by atoms with Crippen molar-refractivity contribution in [2.45, 2.75) is 32.8 Å². The number of ether oxygens (including phenoxy) is 1. The molecule has 2 aromatic carbocycles. The van der Waals surface area contributed by atoms with Crippen LogP contribution in [0.1, 0.15) is 36.3 Å². The van der Waals surface area contributed by atoms with Gasteiger partial charge in [-0.1, -0.05) is 29.7 Å². The lowest BCUT2D eigenvalue weighted by atomic mass is 9.96. The third-order valence-corrected chi connectivity index (χ3v) is 4.59. The van der Waals surface area contributed by atoms with Crippen LogP contribution >= 0.6 is 11.6 Å². The van der Waals surface area contributed by atoms with Crippen LogP contribution in [-0.4, -0.2) is 16.1 Å². The van der Waals surface area contributed by atoms with Crippen LogP contribution in [0.3, 0.4) is 0 Å². The van der Waals surface area contributed by atoms with E-state index in [0.717, 1.165) is 11.1 Å². The Kier molecular flexibility index (Phi) is 6.58. The van der Waals surface area contributed by atoms with Gasteiger partial charge < -0.3 is 14.3 Å². The number of oxazole rings is 1. The molecule has 3 aromatic rings. The van der Waals surface area contributed by atoms with Crippen molar-refractivity contribution < 1.29 is 19.1 Å². The van der Waals surface area contributed by atoms with E-state index in [1.54, 1.807) is 31.2 Å². The second kappa shape index (κ2) is 9.31. The van der Waals surface area contributed by atoms with Crippen LogP contribution in [0.4, 0.5) is 0 Å². The summed E-state index contributed by atoms with van der Waals surface area (Å²) >= 11 is 5.92. The summed E-state index contributed by atoms with van der Waals surface area (Å²) in [5, 5.41) is 9.70. The highest BCUT2D eigenvalue weighted by atomic mass is 35.5. The molecule has 0 bridgehead atoms. The van der Waals surface area contributed by atoms with Crippen LogP contribution < -0.4 is 4.74 Å². The fourth-order valence-corrected chi connectivity index (χ4v) is 2.95. The molecule has 1 N–H and O–H groups in total. The van der Waals surface area contributed by atoms with Crippen molar-refractivity contribution in [2.75, 3.05) is 0 Å². The Morgan fingerprint density at radius 1 is 1.21 bits per heavy atom. The number of hydrogen-bond acceptors (Lipinski definition) is 4. The van der Waals surface area contributed by atoms with Crippen molar-refractivity contribution in [2.24, 2.45) is 0 Å². The van der Waals surface area contributed by atoms with Gasteiger partial charge in [-0.05, 0) is 55.8 Å². The van der Waals surface area contributed by atoms with E-state index in [9.17, 15) is 4.79 Å². The van der Waals surface area contributed by atoms with Gasteiger partial charge in [0.05, 0.1) is 12.3 Å². The van der Waals surface area contributed by atoms with Gasteiger partial charge in [-0.3, -0.25) is 4.79 Å². The lowest BCUT2D eigenvalue weighted by molar-refractivity contribution is -0.137. The van der Waals surface area contributed by atoms with Crippen LogP contribution in [0, 0.1) is 18.8 Å². The molecule has 0 aliphatic heterocycles. The minimum absolute atomic E-state index is 0.0351. The van der Waals surface area contributed by atoms with Gasteiger partial charge in [0.2, 0.25) is 5.89 Å². The van der Waals surface area contributed by atoms with Gasteiger partial charge in [0.1, 0.15) is 23.8 Å². The molecule has 0 amide bonds. The predicted molar refractivity (Wildman–Crippen MR) is 111 cm³/mol. The minimum Gasteiger partial charge on any atom is -0.487 e. The number of rotatable bonds is 7. The molecule has 1 atom stereocenters.